The molecular weight excluding hydrogens is 368 g/mol. The molecule has 0 saturated carbocycles. The molecule has 0 radical (unpaired) electrons. The Morgan fingerprint density at radius 3 is 2.56 bits per heavy atom. The number of ether oxygens (including phenoxy) is 2. The summed E-state index contributed by atoms with van der Waals surface area (Å²) in [5.41, 5.74) is 7.06. The van der Waals surface area contributed by atoms with E-state index < -0.39 is 0 Å². The van der Waals surface area contributed by atoms with Crippen molar-refractivity contribution in [3.05, 3.63) is 47.4 Å². The number of nitrogens with two attached hydrogens (primary N) is 1. The number of halogens is 1. The molecule has 0 atom stereocenters. The van der Waals surface area contributed by atoms with Crippen molar-refractivity contribution in [3.8, 4) is 11.5 Å². The van der Waals surface area contributed by atoms with Crippen LogP contribution >= 0.6 is 12.4 Å². The van der Waals surface area contributed by atoms with Crippen LogP contribution in [0, 0.1) is 0 Å². The molecule has 0 fully saturated rings. The van der Waals surface area contributed by atoms with E-state index in [-0.39, 0.29) is 24.9 Å². The Bertz CT molecular complexity index is 718. The molecule has 1 heterocycles. The van der Waals surface area contributed by atoms with Crippen molar-refractivity contribution in [1.29, 1.82) is 0 Å². The summed E-state index contributed by atoms with van der Waals surface area (Å²) in [5, 5.41) is 0. The highest BCUT2D eigenvalue weighted by Crippen LogP contribution is 2.29. The van der Waals surface area contributed by atoms with Crippen LogP contribution in [0.4, 0.5) is 0 Å². The van der Waals surface area contributed by atoms with Crippen LogP contribution in [0.5, 0.6) is 11.5 Å². The molecule has 0 bridgehead atoms. The highest BCUT2D eigenvalue weighted by molar-refractivity contribution is 5.94. The monoisotopic (exact) mass is 396 g/mol. The first kappa shape index (κ1) is 22.9. The van der Waals surface area contributed by atoms with Crippen molar-refractivity contribution in [2.45, 2.75) is 39.8 Å². The number of hydrogen-bond acceptors (Lipinski definition) is 5. The molecule has 0 unspecified atom stereocenters. The lowest BCUT2D eigenvalue weighted by Crippen LogP contribution is -2.31. The molecule has 27 heavy (non-hydrogen) atoms. The summed E-state index contributed by atoms with van der Waals surface area (Å²) in [6.45, 7) is 6.15. The van der Waals surface area contributed by atoms with Crippen LogP contribution in [0.3, 0.4) is 0 Å². The smallest absolute Gasteiger partial charge is 0.257 e. The van der Waals surface area contributed by atoms with Gasteiger partial charge >= 0.3 is 0 Å². The van der Waals surface area contributed by atoms with Crippen LogP contribution < -0.4 is 15.2 Å². The van der Waals surface area contributed by atoms with E-state index in [0.29, 0.717) is 42.5 Å². The molecule has 1 amide bonds. The predicted molar refractivity (Wildman–Crippen MR) is 108 cm³/mol. The summed E-state index contributed by atoms with van der Waals surface area (Å²) in [4.78, 5) is 14.6. The molecule has 6 nitrogen and oxygen atoms in total. The summed E-state index contributed by atoms with van der Waals surface area (Å²) in [6, 6.07) is 7.47. The van der Waals surface area contributed by atoms with Gasteiger partial charge in [-0.1, -0.05) is 19.9 Å². The van der Waals surface area contributed by atoms with E-state index in [2.05, 4.69) is 6.92 Å². The van der Waals surface area contributed by atoms with Gasteiger partial charge in [-0.15, -0.1) is 12.4 Å². The molecule has 2 N–H and O–H groups in total. The van der Waals surface area contributed by atoms with E-state index in [0.717, 1.165) is 18.4 Å². The Morgan fingerprint density at radius 2 is 1.96 bits per heavy atom. The predicted octanol–water partition coefficient (Wildman–Crippen LogP) is 4.01. The number of carbonyl (C=O) groups is 1. The zero-order chi connectivity index (χ0) is 18.9. The number of benzene rings is 1. The molecule has 0 spiro atoms. The van der Waals surface area contributed by atoms with Gasteiger partial charge in [0.1, 0.15) is 12.0 Å². The molecule has 0 aliphatic heterocycles. The Hall–Kier alpha value is -2.18. The van der Waals surface area contributed by atoms with Crippen LogP contribution in [0.2, 0.25) is 0 Å². The zero-order valence-corrected chi connectivity index (χ0v) is 17.0. The van der Waals surface area contributed by atoms with Crippen LogP contribution in [0.15, 0.2) is 34.9 Å². The third-order valence-electron chi connectivity index (χ3n) is 3.95. The molecule has 0 aliphatic carbocycles. The van der Waals surface area contributed by atoms with E-state index in [1.54, 1.807) is 18.1 Å². The summed E-state index contributed by atoms with van der Waals surface area (Å²) < 4.78 is 16.4. The van der Waals surface area contributed by atoms with Gasteiger partial charge in [0.25, 0.3) is 5.91 Å². The number of carbonyl (C=O) groups excluding carboxylic acids is 1. The maximum absolute atomic E-state index is 12.8. The van der Waals surface area contributed by atoms with Gasteiger partial charge in [0.15, 0.2) is 11.5 Å². The van der Waals surface area contributed by atoms with Crippen LogP contribution in [0.1, 0.15) is 48.4 Å². The highest BCUT2D eigenvalue weighted by Gasteiger charge is 2.18. The topological polar surface area (TPSA) is 77.9 Å². The minimum absolute atomic E-state index is 0. The summed E-state index contributed by atoms with van der Waals surface area (Å²) >= 11 is 0. The molecule has 7 heteroatoms. The normalized spacial score (nSPS) is 10.2. The second-order valence-electron chi connectivity index (χ2n) is 6.07. The number of hydrogen-bond donors (Lipinski definition) is 1. The van der Waals surface area contributed by atoms with E-state index in [9.17, 15) is 4.79 Å². The average molecular weight is 397 g/mol. The summed E-state index contributed by atoms with van der Waals surface area (Å²) in [7, 11) is 1.62. The van der Waals surface area contributed by atoms with Gasteiger partial charge in [0.05, 0.1) is 25.8 Å². The second kappa shape index (κ2) is 11.5. The Labute approximate surface area is 167 Å². The van der Waals surface area contributed by atoms with Crippen molar-refractivity contribution in [3.63, 3.8) is 0 Å². The fraction of sp³-hybridized carbons (Fsp3) is 0.450. The van der Waals surface area contributed by atoms with Crippen LogP contribution in [-0.2, 0) is 13.1 Å². The van der Waals surface area contributed by atoms with Crippen molar-refractivity contribution in [2.75, 3.05) is 20.3 Å². The second-order valence-corrected chi connectivity index (χ2v) is 6.07. The number of rotatable bonds is 10. The zero-order valence-electron chi connectivity index (χ0n) is 16.2. The molecular formula is C20H29ClN2O4. The fourth-order valence-corrected chi connectivity index (χ4v) is 2.67. The third-order valence-corrected chi connectivity index (χ3v) is 3.95. The Balaban J connectivity index is 0.00000364. The first-order valence-electron chi connectivity index (χ1n) is 8.99. The molecule has 150 valence electrons. The lowest BCUT2D eigenvalue weighted by molar-refractivity contribution is 0.0742. The lowest BCUT2D eigenvalue weighted by atomic mass is 10.1. The van der Waals surface area contributed by atoms with E-state index in [4.69, 9.17) is 19.6 Å². The SMILES string of the molecule is CCCOc1ccc(CN(CCC)C(=O)c2coc(CN)c2)cc1OC.Cl. The standard InChI is InChI=1S/C20H28N2O4.ClH/c1-4-8-22(20(23)16-11-17(12-21)26-14-16)13-15-6-7-18(25-9-5-2)19(10-15)24-3;/h6-7,10-11,14H,4-5,8-9,12-13,21H2,1-3H3;1H. The van der Waals surface area contributed by atoms with Gasteiger partial charge in [-0.2, -0.15) is 0 Å². The number of nitrogens with zero attached hydrogens (tertiary/aromatic N) is 1. The van der Waals surface area contributed by atoms with Gasteiger partial charge < -0.3 is 24.5 Å². The van der Waals surface area contributed by atoms with Crippen molar-refractivity contribution < 1.29 is 18.7 Å². The average Bonchev–Trinajstić information content (AvgIpc) is 3.15. The highest BCUT2D eigenvalue weighted by atomic mass is 35.5. The molecule has 0 aliphatic rings. The molecule has 2 aromatic rings. The maximum Gasteiger partial charge on any atom is 0.257 e. The minimum atomic E-state index is -0.0689. The molecule has 1 aromatic carbocycles. The van der Waals surface area contributed by atoms with Crippen molar-refractivity contribution >= 4 is 18.3 Å². The Kier molecular flexibility index (Phi) is 9.75. The quantitative estimate of drug-likeness (QED) is 0.656. The summed E-state index contributed by atoms with van der Waals surface area (Å²) in [6.07, 6.45) is 3.26. The molecule has 1 aromatic heterocycles. The van der Waals surface area contributed by atoms with E-state index in [1.807, 2.05) is 25.1 Å². The lowest BCUT2D eigenvalue weighted by Gasteiger charge is -2.22. The molecule has 0 saturated heterocycles. The first-order valence-corrected chi connectivity index (χ1v) is 8.99. The largest absolute Gasteiger partial charge is 0.493 e. The van der Waals surface area contributed by atoms with Gasteiger partial charge in [0, 0.05) is 13.1 Å². The third kappa shape index (κ3) is 6.19. The van der Waals surface area contributed by atoms with Crippen LogP contribution in [-0.4, -0.2) is 31.1 Å². The first-order chi connectivity index (χ1) is 12.6. The van der Waals surface area contributed by atoms with Gasteiger partial charge in [-0.05, 0) is 36.6 Å². The van der Waals surface area contributed by atoms with Crippen molar-refractivity contribution in [2.24, 2.45) is 5.73 Å². The fourth-order valence-electron chi connectivity index (χ4n) is 2.67. The molecule has 2 rings (SSSR count). The van der Waals surface area contributed by atoms with E-state index >= 15 is 0 Å². The van der Waals surface area contributed by atoms with Crippen molar-refractivity contribution in [1.82, 2.24) is 4.90 Å². The minimum Gasteiger partial charge on any atom is -0.493 e. The number of amides is 1. The maximum atomic E-state index is 12.8. The van der Waals surface area contributed by atoms with Gasteiger partial charge in [0.2, 0.25) is 0 Å². The van der Waals surface area contributed by atoms with Crippen LogP contribution in [0.25, 0.3) is 0 Å². The number of methoxy groups -OCH3 is 1. The Morgan fingerprint density at radius 1 is 1.19 bits per heavy atom. The van der Waals surface area contributed by atoms with Gasteiger partial charge in [-0.3, -0.25) is 4.79 Å². The summed E-state index contributed by atoms with van der Waals surface area (Å²) in [5.74, 6) is 1.92. The van der Waals surface area contributed by atoms with Gasteiger partial charge in [-0.25, -0.2) is 0 Å². The van der Waals surface area contributed by atoms with E-state index in [1.165, 1.54) is 6.26 Å². The number of furan rings is 1.